The van der Waals surface area contributed by atoms with E-state index in [-0.39, 0.29) is 6.61 Å². The Morgan fingerprint density at radius 3 is 2.45 bits per heavy atom. The summed E-state index contributed by atoms with van der Waals surface area (Å²) in [6, 6.07) is 0. The standard InChI is InChI=1S/C8H20N2O/c1-2-3-4-5-6-10(9)7-8-11/h11H,2-9H2,1H3. The van der Waals surface area contributed by atoms with Gasteiger partial charge in [0.2, 0.25) is 0 Å². The Hall–Kier alpha value is -0.120. The van der Waals surface area contributed by atoms with Gasteiger partial charge >= 0.3 is 0 Å². The maximum Gasteiger partial charge on any atom is 0.0572 e. The van der Waals surface area contributed by atoms with Crippen molar-refractivity contribution in [3.05, 3.63) is 0 Å². The van der Waals surface area contributed by atoms with Crippen molar-refractivity contribution >= 4 is 0 Å². The highest BCUT2D eigenvalue weighted by Crippen LogP contribution is 1.98. The van der Waals surface area contributed by atoms with Crippen LogP contribution in [0.1, 0.15) is 32.6 Å². The van der Waals surface area contributed by atoms with Gasteiger partial charge in [-0.1, -0.05) is 26.2 Å². The summed E-state index contributed by atoms with van der Waals surface area (Å²) < 4.78 is 0. The molecule has 0 aromatic carbocycles. The third-order valence-corrected chi connectivity index (χ3v) is 1.69. The molecule has 0 amide bonds. The van der Waals surface area contributed by atoms with Crippen LogP contribution in [-0.2, 0) is 0 Å². The largest absolute Gasteiger partial charge is 0.395 e. The first kappa shape index (κ1) is 10.9. The van der Waals surface area contributed by atoms with E-state index < -0.39 is 0 Å². The van der Waals surface area contributed by atoms with Crippen LogP contribution in [0.15, 0.2) is 0 Å². The molecule has 0 fully saturated rings. The van der Waals surface area contributed by atoms with E-state index in [2.05, 4.69) is 6.92 Å². The van der Waals surface area contributed by atoms with E-state index in [9.17, 15) is 0 Å². The van der Waals surface area contributed by atoms with Gasteiger partial charge < -0.3 is 5.11 Å². The molecule has 68 valence electrons. The predicted molar refractivity (Wildman–Crippen MR) is 47.0 cm³/mol. The lowest BCUT2D eigenvalue weighted by Crippen LogP contribution is -2.34. The number of aliphatic hydroxyl groups is 1. The number of hydrogen-bond donors (Lipinski definition) is 2. The van der Waals surface area contributed by atoms with Crippen molar-refractivity contribution in [2.24, 2.45) is 5.84 Å². The van der Waals surface area contributed by atoms with Gasteiger partial charge in [0, 0.05) is 13.1 Å². The molecule has 11 heavy (non-hydrogen) atoms. The van der Waals surface area contributed by atoms with Crippen molar-refractivity contribution < 1.29 is 5.11 Å². The lowest BCUT2D eigenvalue weighted by atomic mass is 10.2. The highest BCUT2D eigenvalue weighted by molar-refractivity contribution is 4.48. The Bertz CT molecular complexity index is 78.5. The van der Waals surface area contributed by atoms with Gasteiger partial charge in [-0.05, 0) is 6.42 Å². The molecule has 0 saturated carbocycles. The zero-order valence-corrected chi connectivity index (χ0v) is 7.42. The van der Waals surface area contributed by atoms with Gasteiger partial charge in [-0.2, -0.15) is 0 Å². The second-order valence-corrected chi connectivity index (χ2v) is 2.82. The minimum absolute atomic E-state index is 0.157. The molecule has 0 rings (SSSR count). The van der Waals surface area contributed by atoms with Crippen molar-refractivity contribution in [1.82, 2.24) is 5.01 Å². The summed E-state index contributed by atoms with van der Waals surface area (Å²) in [5.74, 6) is 5.54. The number of unbranched alkanes of at least 4 members (excludes halogenated alkanes) is 3. The lowest BCUT2D eigenvalue weighted by molar-refractivity contribution is 0.196. The van der Waals surface area contributed by atoms with Crippen LogP contribution in [0.5, 0.6) is 0 Å². The van der Waals surface area contributed by atoms with E-state index in [4.69, 9.17) is 10.9 Å². The lowest BCUT2D eigenvalue weighted by Gasteiger charge is -2.13. The Kier molecular flexibility index (Phi) is 7.89. The number of aliphatic hydroxyl groups excluding tert-OH is 1. The van der Waals surface area contributed by atoms with E-state index in [0.717, 1.165) is 13.0 Å². The number of rotatable bonds is 7. The molecule has 0 radical (unpaired) electrons. The third kappa shape index (κ3) is 7.78. The molecule has 0 unspecified atom stereocenters. The Morgan fingerprint density at radius 1 is 1.18 bits per heavy atom. The normalized spacial score (nSPS) is 10.9. The fourth-order valence-corrected chi connectivity index (χ4v) is 0.982. The minimum Gasteiger partial charge on any atom is -0.395 e. The first-order chi connectivity index (χ1) is 5.31. The minimum atomic E-state index is 0.157. The molecule has 0 atom stereocenters. The van der Waals surface area contributed by atoms with Gasteiger partial charge in [0.05, 0.1) is 6.61 Å². The van der Waals surface area contributed by atoms with E-state index >= 15 is 0 Å². The van der Waals surface area contributed by atoms with Crippen LogP contribution in [0.4, 0.5) is 0 Å². The summed E-state index contributed by atoms with van der Waals surface area (Å²) in [4.78, 5) is 0. The molecule has 0 bridgehead atoms. The van der Waals surface area contributed by atoms with E-state index in [1.807, 2.05) is 0 Å². The SMILES string of the molecule is CCCCCCN(N)CCO. The monoisotopic (exact) mass is 160 g/mol. The zero-order chi connectivity index (χ0) is 8.53. The molecule has 3 nitrogen and oxygen atoms in total. The molecule has 0 saturated heterocycles. The Labute approximate surface area is 69.2 Å². The number of nitrogens with zero attached hydrogens (tertiary/aromatic N) is 1. The maximum absolute atomic E-state index is 8.52. The number of nitrogens with two attached hydrogens (primary N) is 1. The molecule has 0 spiro atoms. The van der Waals surface area contributed by atoms with Gasteiger partial charge in [-0.15, -0.1) is 0 Å². The molecular formula is C8H20N2O. The second kappa shape index (κ2) is 7.98. The predicted octanol–water partition coefficient (Wildman–Crippen LogP) is 0.735. The van der Waals surface area contributed by atoms with Crippen molar-refractivity contribution in [2.75, 3.05) is 19.7 Å². The maximum atomic E-state index is 8.52. The van der Waals surface area contributed by atoms with E-state index in [1.54, 1.807) is 5.01 Å². The molecule has 0 aromatic rings. The zero-order valence-electron chi connectivity index (χ0n) is 7.42. The molecule has 0 heterocycles. The van der Waals surface area contributed by atoms with Gasteiger partial charge in [0.1, 0.15) is 0 Å². The van der Waals surface area contributed by atoms with Crippen LogP contribution < -0.4 is 5.84 Å². The van der Waals surface area contributed by atoms with E-state index in [0.29, 0.717) is 6.54 Å². The third-order valence-electron chi connectivity index (χ3n) is 1.69. The number of hydrazine groups is 1. The highest BCUT2D eigenvalue weighted by atomic mass is 16.3. The molecule has 0 aliphatic heterocycles. The molecule has 0 aliphatic carbocycles. The van der Waals surface area contributed by atoms with Gasteiger partial charge in [0.25, 0.3) is 0 Å². The van der Waals surface area contributed by atoms with Crippen molar-refractivity contribution in [3.8, 4) is 0 Å². The smallest absolute Gasteiger partial charge is 0.0572 e. The molecule has 0 aromatic heterocycles. The molecule has 0 aliphatic rings. The summed E-state index contributed by atoms with van der Waals surface area (Å²) >= 11 is 0. The van der Waals surface area contributed by atoms with Crippen molar-refractivity contribution in [3.63, 3.8) is 0 Å². The first-order valence-corrected chi connectivity index (χ1v) is 4.41. The number of hydrogen-bond acceptors (Lipinski definition) is 3. The van der Waals surface area contributed by atoms with Crippen LogP contribution in [0.2, 0.25) is 0 Å². The molecule has 3 heteroatoms. The van der Waals surface area contributed by atoms with Crippen molar-refractivity contribution in [2.45, 2.75) is 32.6 Å². The van der Waals surface area contributed by atoms with Gasteiger partial charge in [-0.3, -0.25) is 5.84 Å². The summed E-state index contributed by atoms with van der Waals surface area (Å²) in [7, 11) is 0. The second-order valence-electron chi connectivity index (χ2n) is 2.82. The van der Waals surface area contributed by atoms with Crippen LogP contribution >= 0.6 is 0 Å². The summed E-state index contributed by atoms with van der Waals surface area (Å²) in [6.45, 7) is 3.84. The van der Waals surface area contributed by atoms with Crippen LogP contribution in [0.25, 0.3) is 0 Å². The fraction of sp³-hybridized carbons (Fsp3) is 1.00. The van der Waals surface area contributed by atoms with Gasteiger partial charge in [-0.25, -0.2) is 5.01 Å². The topological polar surface area (TPSA) is 49.5 Å². The van der Waals surface area contributed by atoms with Gasteiger partial charge in [0.15, 0.2) is 0 Å². The first-order valence-electron chi connectivity index (χ1n) is 4.41. The Morgan fingerprint density at radius 2 is 1.91 bits per heavy atom. The summed E-state index contributed by atoms with van der Waals surface area (Å²) in [6.07, 6.45) is 4.93. The molecular weight excluding hydrogens is 140 g/mol. The van der Waals surface area contributed by atoms with Crippen LogP contribution in [-0.4, -0.2) is 29.8 Å². The van der Waals surface area contributed by atoms with Crippen LogP contribution in [0, 0.1) is 0 Å². The average Bonchev–Trinajstić information content (AvgIpc) is 1.99. The van der Waals surface area contributed by atoms with E-state index in [1.165, 1.54) is 19.3 Å². The Balaban J connectivity index is 2.97. The average molecular weight is 160 g/mol. The highest BCUT2D eigenvalue weighted by Gasteiger charge is 1.95. The molecule has 3 N–H and O–H groups in total. The quantitative estimate of drug-likeness (QED) is 0.328. The van der Waals surface area contributed by atoms with Crippen molar-refractivity contribution in [1.29, 1.82) is 0 Å². The summed E-state index contributed by atoms with van der Waals surface area (Å²) in [5.41, 5.74) is 0. The summed E-state index contributed by atoms with van der Waals surface area (Å²) in [5, 5.41) is 10.2. The fourth-order valence-electron chi connectivity index (χ4n) is 0.982. The van der Waals surface area contributed by atoms with Crippen LogP contribution in [0.3, 0.4) is 0 Å².